The summed E-state index contributed by atoms with van der Waals surface area (Å²) in [6.07, 6.45) is 1.51. The molecule has 0 radical (unpaired) electrons. The number of carbonyl (C=O) groups is 2. The van der Waals surface area contributed by atoms with Crippen LogP contribution < -0.4 is 5.32 Å². The van der Waals surface area contributed by atoms with E-state index in [4.69, 9.17) is 0 Å². The molecule has 2 aromatic rings. The van der Waals surface area contributed by atoms with Gasteiger partial charge in [-0.25, -0.2) is 0 Å². The highest BCUT2D eigenvalue weighted by molar-refractivity contribution is 7.99. The standard InChI is InChI=1S/C17H20N4O2S/c1-10-5-4-6-14(11(10)2)19-16(22)15-8-24-9-21(15)17(23)13-7-18-20-12(13)3/h4-7,15H,8-9H2,1-3H3,(H,18,20)(H,19,22)/t15-/m0/s1. The highest BCUT2D eigenvalue weighted by atomic mass is 32.2. The molecule has 1 aromatic carbocycles. The summed E-state index contributed by atoms with van der Waals surface area (Å²) in [7, 11) is 0. The van der Waals surface area contributed by atoms with Crippen LogP contribution >= 0.6 is 11.8 Å². The number of aromatic amines is 1. The van der Waals surface area contributed by atoms with E-state index in [9.17, 15) is 9.59 Å². The molecule has 6 nitrogen and oxygen atoms in total. The van der Waals surface area contributed by atoms with Crippen LogP contribution in [0.15, 0.2) is 24.4 Å². The fourth-order valence-corrected chi connectivity index (χ4v) is 3.84. The first-order valence-electron chi connectivity index (χ1n) is 7.75. The highest BCUT2D eigenvalue weighted by Gasteiger charge is 2.36. The third-order valence-corrected chi connectivity index (χ3v) is 5.38. The van der Waals surface area contributed by atoms with E-state index < -0.39 is 6.04 Å². The maximum Gasteiger partial charge on any atom is 0.258 e. The first-order chi connectivity index (χ1) is 11.5. The molecule has 1 aliphatic rings. The van der Waals surface area contributed by atoms with Gasteiger partial charge in [0.2, 0.25) is 5.91 Å². The van der Waals surface area contributed by atoms with Crippen molar-refractivity contribution >= 4 is 29.3 Å². The molecular formula is C17H20N4O2S. The Morgan fingerprint density at radius 3 is 2.83 bits per heavy atom. The van der Waals surface area contributed by atoms with Crippen LogP contribution in [0.1, 0.15) is 27.2 Å². The van der Waals surface area contributed by atoms with Gasteiger partial charge in [-0.1, -0.05) is 12.1 Å². The van der Waals surface area contributed by atoms with Crippen molar-refractivity contribution in [2.75, 3.05) is 16.9 Å². The van der Waals surface area contributed by atoms with Gasteiger partial charge < -0.3 is 10.2 Å². The van der Waals surface area contributed by atoms with Crippen molar-refractivity contribution in [3.8, 4) is 0 Å². The quantitative estimate of drug-likeness (QED) is 0.897. The van der Waals surface area contributed by atoms with Gasteiger partial charge in [0.1, 0.15) is 6.04 Å². The molecule has 2 amide bonds. The van der Waals surface area contributed by atoms with E-state index in [-0.39, 0.29) is 11.8 Å². The molecule has 0 bridgehead atoms. The number of carbonyl (C=O) groups excluding carboxylic acids is 2. The first-order valence-corrected chi connectivity index (χ1v) is 8.90. The normalized spacial score (nSPS) is 17.1. The van der Waals surface area contributed by atoms with E-state index in [0.717, 1.165) is 16.8 Å². The lowest BCUT2D eigenvalue weighted by atomic mass is 10.1. The average molecular weight is 344 g/mol. The zero-order chi connectivity index (χ0) is 17.3. The van der Waals surface area contributed by atoms with Gasteiger partial charge in [-0.05, 0) is 38.0 Å². The fraction of sp³-hybridized carbons (Fsp3) is 0.353. The highest BCUT2D eigenvalue weighted by Crippen LogP contribution is 2.26. The molecule has 0 spiro atoms. The zero-order valence-electron chi connectivity index (χ0n) is 13.9. The monoisotopic (exact) mass is 344 g/mol. The molecule has 126 valence electrons. The minimum atomic E-state index is -0.475. The minimum absolute atomic E-state index is 0.150. The van der Waals surface area contributed by atoms with E-state index in [1.165, 1.54) is 6.20 Å². The molecule has 24 heavy (non-hydrogen) atoms. The van der Waals surface area contributed by atoms with Crippen LogP contribution in [0.3, 0.4) is 0 Å². The molecule has 7 heteroatoms. The van der Waals surface area contributed by atoms with Crippen LogP contribution in [-0.4, -0.2) is 44.6 Å². The molecular weight excluding hydrogens is 324 g/mol. The van der Waals surface area contributed by atoms with Gasteiger partial charge in [0.25, 0.3) is 5.91 Å². The van der Waals surface area contributed by atoms with Crippen molar-refractivity contribution in [1.29, 1.82) is 0 Å². The predicted molar refractivity (Wildman–Crippen MR) is 95.2 cm³/mol. The van der Waals surface area contributed by atoms with E-state index in [2.05, 4.69) is 15.5 Å². The van der Waals surface area contributed by atoms with Gasteiger partial charge in [-0.2, -0.15) is 5.10 Å². The van der Waals surface area contributed by atoms with Crippen molar-refractivity contribution in [2.45, 2.75) is 26.8 Å². The van der Waals surface area contributed by atoms with Crippen molar-refractivity contribution < 1.29 is 9.59 Å². The number of thioether (sulfide) groups is 1. The van der Waals surface area contributed by atoms with Gasteiger partial charge in [0, 0.05) is 17.1 Å². The molecule has 1 saturated heterocycles. The molecule has 0 saturated carbocycles. The minimum Gasteiger partial charge on any atom is -0.324 e. The molecule has 1 fully saturated rings. The summed E-state index contributed by atoms with van der Waals surface area (Å²) in [4.78, 5) is 27.0. The lowest BCUT2D eigenvalue weighted by Gasteiger charge is -2.23. The summed E-state index contributed by atoms with van der Waals surface area (Å²) in [5.74, 6) is 0.795. The smallest absolute Gasteiger partial charge is 0.258 e. The van der Waals surface area contributed by atoms with Gasteiger partial charge in [0.15, 0.2) is 0 Å². The number of hydrogen-bond acceptors (Lipinski definition) is 4. The Labute approximate surface area is 145 Å². The second kappa shape index (κ2) is 6.68. The number of nitrogens with one attached hydrogen (secondary N) is 2. The van der Waals surface area contributed by atoms with Crippen LogP contribution in [0.4, 0.5) is 5.69 Å². The van der Waals surface area contributed by atoms with Crippen LogP contribution in [0, 0.1) is 20.8 Å². The van der Waals surface area contributed by atoms with Crippen molar-refractivity contribution in [1.82, 2.24) is 15.1 Å². The lowest BCUT2D eigenvalue weighted by Crippen LogP contribution is -2.44. The molecule has 1 aliphatic heterocycles. The number of aromatic nitrogens is 2. The molecule has 1 atom stereocenters. The van der Waals surface area contributed by atoms with Crippen molar-refractivity contribution in [2.24, 2.45) is 0 Å². The Morgan fingerprint density at radius 2 is 2.12 bits per heavy atom. The maximum atomic E-state index is 12.7. The third-order valence-electron chi connectivity index (χ3n) is 4.37. The first kappa shape index (κ1) is 16.6. The number of amides is 2. The second-order valence-electron chi connectivity index (χ2n) is 5.94. The number of aryl methyl sites for hydroxylation is 2. The molecule has 1 aromatic heterocycles. The largest absolute Gasteiger partial charge is 0.324 e. The fourth-order valence-electron chi connectivity index (χ4n) is 2.68. The van der Waals surface area contributed by atoms with Gasteiger partial charge >= 0.3 is 0 Å². The number of hydrogen-bond donors (Lipinski definition) is 2. The van der Waals surface area contributed by atoms with Crippen LogP contribution in [-0.2, 0) is 4.79 Å². The topological polar surface area (TPSA) is 78.1 Å². The van der Waals surface area contributed by atoms with Crippen LogP contribution in [0.25, 0.3) is 0 Å². The predicted octanol–water partition coefficient (Wildman–Crippen LogP) is 2.49. The SMILES string of the molecule is Cc1cccc(NC(=O)[C@@H]2CSCN2C(=O)c2cn[nH]c2C)c1C. The molecule has 0 aliphatic carbocycles. The molecule has 2 heterocycles. The van der Waals surface area contributed by atoms with E-state index in [0.29, 0.717) is 22.9 Å². The number of nitrogens with zero attached hydrogens (tertiary/aromatic N) is 2. The number of H-pyrrole nitrogens is 1. The molecule has 3 rings (SSSR count). The van der Waals surface area contributed by atoms with E-state index in [1.54, 1.807) is 23.6 Å². The van der Waals surface area contributed by atoms with Crippen LogP contribution in [0.2, 0.25) is 0 Å². The number of anilines is 1. The van der Waals surface area contributed by atoms with Crippen molar-refractivity contribution in [3.63, 3.8) is 0 Å². The summed E-state index contributed by atoms with van der Waals surface area (Å²) in [5.41, 5.74) is 4.19. The molecule has 2 N–H and O–H groups in total. The summed E-state index contributed by atoms with van der Waals surface area (Å²) < 4.78 is 0. The maximum absolute atomic E-state index is 12.7. The Kier molecular flexibility index (Phi) is 4.62. The average Bonchev–Trinajstić information content (AvgIpc) is 3.20. The van der Waals surface area contributed by atoms with E-state index >= 15 is 0 Å². The Hall–Kier alpha value is -2.28. The van der Waals surface area contributed by atoms with E-state index in [1.807, 2.05) is 32.0 Å². The summed E-state index contributed by atoms with van der Waals surface area (Å²) >= 11 is 1.58. The second-order valence-corrected chi connectivity index (χ2v) is 6.94. The molecule has 0 unspecified atom stereocenters. The Bertz CT molecular complexity index is 787. The van der Waals surface area contributed by atoms with Gasteiger partial charge in [-0.15, -0.1) is 11.8 Å². The number of benzene rings is 1. The summed E-state index contributed by atoms with van der Waals surface area (Å²) in [5, 5.41) is 9.63. The Morgan fingerprint density at radius 1 is 1.33 bits per heavy atom. The Balaban J connectivity index is 1.78. The lowest BCUT2D eigenvalue weighted by molar-refractivity contribution is -0.119. The summed E-state index contributed by atoms with van der Waals surface area (Å²) in [6, 6.07) is 5.33. The summed E-state index contributed by atoms with van der Waals surface area (Å²) in [6.45, 7) is 5.79. The van der Waals surface area contributed by atoms with Gasteiger partial charge in [-0.3, -0.25) is 14.7 Å². The van der Waals surface area contributed by atoms with Crippen molar-refractivity contribution in [3.05, 3.63) is 46.8 Å². The number of rotatable bonds is 3. The zero-order valence-corrected chi connectivity index (χ0v) is 14.7. The van der Waals surface area contributed by atoms with Gasteiger partial charge in [0.05, 0.1) is 17.6 Å². The third kappa shape index (κ3) is 3.03. The van der Waals surface area contributed by atoms with Crippen LogP contribution in [0.5, 0.6) is 0 Å².